The van der Waals surface area contributed by atoms with Crippen molar-refractivity contribution in [1.29, 1.82) is 0 Å². The van der Waals surface area contributed by atoms with Gasteiger partial charge in [0.2, 0.25) is 0 Å². The van der Waals surface area contributed by atoms with E-state index in [0.29, 0.717) is 5.69 Å². The number of fused-ring (bicyclic) bond motifs is 2. The van der Waals surface area contributed by atoms with Gasteiger partial charge in [-0.25, -0.2) is 9.78 Å². The van der Waals surface area contributed by atoms with Gasteiger partial charge in [-0.15, -0.1) is 0 Å². The molecule has 2 aliphatic heterocycles. The van der Waals surface area contributed by atoms with Crippen LogP contribution in [0, 0.1) is 0 Å². The second kappa shape index (κ2) is 9.03. The van der Waals surface area contributed by atoms with E-state index in [9.17, 15) is 4.79 Å². The molecular formula is C24H29ClN6O3. The molecular weight excluding hydrogens is 456 g/mol. The highest BCUT2D eigenvalue weighted by Crippen LogP contribution is 2.40. The van der Waals surface area contributed by atoms with Gasteiger partial charge in [0.1, 0.15) is 5.60 Å². The van der Waals surface area contributed by atoms with E-state index in [4.69, 9.17) is 26.2 Å². The summed E-state index contributed by atoms with van der Waals surface area (Å²) in [5, 5.41) is 9.05. The van der Waals surface area contributed by atoms with Gasteiger partial charge in [0, 0.05) is 32.2 Å². The first kappa shape index (κ1) is 22.9. The summed E-state index contributed by atoms with van der Waals surface area (Å²) in [7, 11) is 0. The van der Waals surface area contributed by atoms with Crippen LogP contribution < -0.4 is 10.2 Å². The molecule has 1 amide bonds. The highest BCUT2D eigenvalue weighted by molar-refractivity contribution is 6.32. The molecule has 0 atom stereocenters. The van der Waals surface area contributed by atoms with Crippen molar-refractivity contribution in [3.05, 3.63) is 35.4 Å². The predicted octanol–water partition coefficient (Wildman–Crippen LogP) is 5.26. The molecule has 0 spiro atoms. The maximum Gasteiger partial charge on any atom is 0.412 e. The summed E-state index contributed by atoms with van der Waals surface area (Å²) in [6, 6.07) is 4.16. The number of nitrogens with one attached hydrogen (secondary N) is 1. The number of aromatic nitrogens is 4. The van der Waals surface area contributed by atoms with E-state index in [2.05, 4.69) is 24.9 Å². The molecule has 5 rings (SSSR count). The summed E-state index contributed by atoms with van der Waals surface area (Å²) >= 11 is 6.43. The van der Waals surface area contributed by atoms with Crippen molar-refractivity contribution < 1.29 is 14.3 Å². The van der Waals surface area contributed by atoms with E-state index in [-0.39, 0.29) is 11.2 Å². The lowest BCUT2D eigenvalue weighted by molar-refractivity contribution is 0.0635. The van der Waals surface area contributed by atoms with Crippen LogP contribution in [0.5, 0.6) is 0 Å². The predicted molar refractivity (Wildman–Crippen MR) is 131 cm³/mol. The van der Waals surface area contributed by atoms with Crippen LogP contribution in [0.1, 0.15) is 51.8 Å². The van der Waals surface area contributed by atoms with Crippen molar-refractivity contribution in [2.75, 3.05) is 30.0 Å². The minimum atomic E-state index is -0.618. The van der Waals surface area contributed by atoms with Gasteiger partial charge in [-0.1, -0.05) is 11.6 Å². The van der Waals surface area contributed by atoms with Crippen LogP contribution in [0.4, 0.5) is 22.0 Å². The second-order valence-electron chi connectivity index (χ2n) is 9.68. The van der Waals surface area contributed by atoms with Crippen LogP contribution in [0.15, 0.2) is 24.5 Å². The molecule has 10 heteroatoms. The summed E-state index contributed by atoms with van der Waals surface area (Å²) in [4.78, 5) is 23.5. The number of anilines is 3. The average Bonchev–Trinajstić information content (AvgIpc) is 3.18. The Kier molecular flexibility index (Phi) is 6.07. The van der Waals surface area contributed by atoms with E-state index in [0.717, 1.165) is 73.5 Å². The summed E-state index contributed by atoms with van der Waals surface area (Å²) in [6.45, 7) is 7.69. The molecule has 0 radical (unpaired) electrons. The van der Waals surface area contributed by atoms with Gasteiger partial charge in [-0.05, 0) is 58.6 Å². The van der Waals surface area contributed by atoms with Gasteiger partial charge in [0.05, 0.1) is 34.0 Å². The lowest BCUT2D eigenvalue weighted by Gasteiger charge is -2.30. The molecule has 1 fully saturated rings. The quantitative estimate of drug-likeness (QED) is 0.506. The fourth-order valence-electron chi connectivity index (χ4n) is 4.56. The monoisotopic (exact) mass is 484 g/mol. The third-order valence-corrected chi connectivity index (χ3v) is 6.32. The molecule has 9 nitrogen and oxygen atoms in total. The van der Waals surface area contributed by atoms with Crippen LogP contribution in [0.25, 0.3) is 10.9 Å². The molecule has 0 bridgehead atoms. The molecule has 0 aliphatic carbocycles. The first-order valence-electron chi connectivity index (χ1n) is 11.7. The van der Waals surface area contributed by atoms with Crippen LogP contribution in [0.3, 0.4) is 0 Å². The number of aryl methyl sites for hydroxylation is 1. The van der Waals surface area contributed by atoms with Gasteiger partial charge in [0.25, 0.3) is 0 Å². The minimum Gasteiger partial charge on any atom is -0.444 e. The van der Waals surface area contributed by atoms with Gasteiger partial charge < -0.3 is 14.4 Å². The first-order chi connectivity index (χ1) is 16.3. The molecule has 3 aromatic heterocycles. The first-order valence-corrected chi connectivity index (χ1v) is 12.0. The third-order valence-electron chi connectivity index (χ3n) is 6.03. The molecule has 0 saturated carbocycles. The number of carbonyl (C=O) groups excluding carboxylic acids is 1. The standard InChI is InChI=1S/C24H29ClN6O3/c1-24(2,3)34-23(32)28-18-13-20-17(27-21(18)25)5-4-10-30(20)22-16-14-26-9-6-19(16)31(29-22)15-7-11-33-12-8-15/h6,9,13-15H,4-5,7-8,10-12H2,1-3H3,(H,28,32). The summed E-state index contributed by atoms with van der Waals surface area (Å²) < 4.78 is 13.1. The van der Waals surface area contributed by atoms with Gasteiger partial charge in [-0.2, -0.15) is 5.10 Å². The fourth-order valence-corrected chi connectivity index (χ4v) is 4.76. The summed E-state index contributed by atoms with van der Waals surface area (Å²) in [5.41, 5.74) is 2.60. The SMILES string of the molecule is CC(C)(C)OC(=O)Nc1cc2c(nc1Cl)CCCN2c1nn(C2CCOCC2)c2ccncc12. The number of rotatable bonds is 3. The Morgan fingerprint density at radius 3 is 2.85 bits per heavy atom. The highest BCUT2D eigenvalue weighted by atomic mass is 35.5. The van der Waals surface area contributed by atoms with E-state index in [1.165, 1.54) is 0 Å². The van der Waals surface area contributed by atoms with E-state index >= 15 is 0 Å². The molecule has 0 unspecified atom stereocenters. The Morgan fingerprint density at radius 1 is 1.29 bits per heavy atom. The van der Waals surface area contributed by atoms with Gasteiger partial charge in [0.15, 0.2) is 11.0 Å². The summed E-state index contributed by atoms with van der Waals surface area (Å²) in [5.74, 6) is 0.836. The van der Waals surface area contributed by atoms with E-state index in [1.807, 2.05) is 39.1 Å². The Morgan fingerprint density at radius 2 is 2.09 bits per heavy atom. The number of amides is 1. The maximum atomic E-state index is 12.4. The lowest BCUT2D eigenvalue weighted by Crippen LogP contribution is -2.29. The van der Waals surface area contributed by atoms with Gasteiger partial charge in [-0.3, -0.25) is 15.0 Å². The van der Waals surface area contributed by atoms with E-state index < -0.39 is 11.7 Å². The molecule has 2 aliphatic rings. The Labute approximate surface area is 203 Å². The van der Waals surface area contributed by atoms with Crippen LogP contribution >= 0.6 is 11.6 Å². The zero-order valence-corrected chi connectivity index (χ0v) is 20.4. The number of hydrogen-bond donors (Lipinski definition) is 1. The van der Waals surface area contributed by atoms with Crippen LogP contribution in [0.2, 0.25) is 5.15 Å². The van der Waals surface area contributed by atoms with E-state index in [1.54, 1.807) is 6.20 Å². The number of halogens is 1. The zero-order valence-electron chi connectivity index (χ0n) is 19.7. The zero-order chi connectivity index (χ0) is 23.9. The topological polar surface area (TPSA) is 94.4 Å². The number of hydrogen-bond acceptors (Lipinski definition) is 7. The fraction of sp³-hybridized carbons (Fsp3) is 0.500. The Bertz CT molecular complexity index is 1220. The molecule has 180 valence electrons. The normalized spacial score (nSPS) is 17.0. The molecule has 34 heavy (non-hydrogen) atoms. The Hall–Kier alpha value is -2.91. The van der Waals surface area contributed by atoms with Crippen molar-refractivity contribution in [3.63, 3.8) is 0 Å². The maximum absolute atomic E-state index is 12.4. The molecule has 0 aromatic carbocycles. The number of carbonyl (C=O) groups is 1. The minimum absolute atomic E-state index is 0.241. The Balaban J connectivity index is 1.54. The average molecular weight is 485 g/mol. The second-order valence-corrected chi connectivity index (χ2v) is 10.0. The molecule has 3 aromatic rings. The van der Waals surface area contributed by atoms with Crippen molar-refractivity contribution in [3.8, 4) is 0 Å². The number of nitrogens with zero attached hydrogens (tertiary/aromatic N) is 5. The third kappa shape index (κ3) is 4.54. The lowest BCUT2D eigenvalue weighted by atomic mass is 10.1. The van der Waals surface area contributed by atoms with Crippen molar-refractivity contribution in [2.24, 2.45) is 0 Å². The number of ether oxygens (including phenoxy) is 2. The van der Waals surface area contributed by atoms with Crippen LogP contribution in [-0.2, 0) is 15.9 Å². The molecule has 5 heterocycles. The molecule has 1 N–H and O–H groups in total. The summed E-state index contributed by atoms with van der Waals surface area (Å²) in [6.07, 6.45) is 6.67. The smallest absolute Gasteiger partial charge is 0.412 e. The van der Waals surface area contributed by atoms with Crippen molar-refractivity contribution in [2.45, 2.75) is 58.1 Å². The van der Waals surface area contributed by atoms with Crippen molar-refractivity contribution >= 4 is 45.8 Å². The van der Waals surface area contributed by atoms with Crippen LogP contribution in [-0.4, -0.2) is 51.2 Å². The molecule has 1 saturated heterocycles. The number of pyridine rings is 2. The largest absolute Gasteiger partial charge is 0.444 e. The van der Waals surface area contributed by atoms with Crippen molar-refractivity contribution in [1.82, 2.24) is 19.7 Å². The highest BCUT2D eigenvalue weighted by Gasteiger charge is 2.28. The van der Waals surface area contributed by atoms with Gasteiger partial charge >= 0.3 is 6.09 Å².